The molecule has 0 radical (unpaired) electrons. The van der Waals surface area contributed by atoms with Crippen LogP contribution in [0.2, 0.25) is 0 Å². The van der Waals surface area contributed by atoms with E-state index in [1.807, 2.05) is 25.1 Å². The molecule has 104 valence electrons. The molecule has 0 aromatic heterocycles. The fourth-order valence-electron chi connectivity index (χ4n) is 1.88. The van der Waals surface area contributed by atoms with Crippen LogP contribution in [0.25, 0.3) is 0 Å². The molecule has 0 unspecified atom stereocenters. The van der Waals surface area contributed by atoms with Gasteiger partial charge in [0.1, 0.15) is 11.5 Å². The molecule has 0 bridgehead atoms. The maximum absolute atomic E-state index is 11.0. The van der Waals surface area contributed by atoms with Gasteiger partial charge in [0.25, 0.3) is 0 Å². The number of hydrogen-bond donors (Lipinski definition) is 2. The van der Waals surface area contributed by atoms with Crippen LogP contribution in [-0.2, 0) is 0 Å². The SMILES string of the molecule is CC[C@H](O)c1ccccc1Oc1ccc(C(N)=O)cc1. The molecule has 20 heavy (non-hydrogen) atoms. The summed E-state index contributed by atoms with van der Waals surface area (Å²) in [6, 6.07) is 13.9. The molecule has 1 atom stereocenters. The van der Waals surface area contributed by atoms with Gasteiger partial charge in [0, 0.05) is 11.1 Å². The van der Waals surface area contributed by atoms with Gasteiger partial charge < -0.3 is 15.6 Å². The normalized spacial score (nSPS) is 11.9. The van der Waals surface area contributed by atoms with Gasteiger partial charge in [-0.2, -0.15) is 0 Å². The van der Waals surface area contributed by atoms with Crippen LogP contribution >= 0.6 is 0 Å². The van der Waals surface area contributed by atoms with Crippen LogP contribution in [0, 0.1) is 0 Å². The standard InChI is InChI=1S/C16H17NO3/c1-2-14(18)13-5-3-4-6-15(13)20-12-9-7-11(8-10-12)16(17)19/h3-10,14,18H,2H2,1H3,(H2,17,19)/t14-/m0/s1. The first-order valence-electron chi connectivity index (χ1n) is 6.46. The molecule has 0 aliphatic carbocycles. The zero-order valence-electron chi connectivity index (χ0n) is 11.2. The molecule has 0 heterocycles. The van der Waals surface area contributed by atoms with Crippen molar-refractivity contribution in [3.63, 3.8) is 0 Å². The first kappa shape index (κ1) is 14.1. The summed E-state index contributed by atoms with van der Waals surface area (Å²) in [6.45, 7) is 1.91. The molecule has 0 fully saturated rings. The number of benzene rings is 2. The first-order chi connectivity index (χ1) is 9.61. The van der Waals surface area contributed by atoms with Gasteiger partial charge in [-0.25, -0.2) is 0 Å². The van der Waals surface area contributed by atoms with Gasteiger partial charge in [0.05, 0.1) is 6.10 Å². The predicted octanol–water partition coefficient (Wildman–Crippen LogP) is 3.02. The average molecular weight is 271 g/mol. The van der Waals surface area contributed by atoms with E-state index in [2.05, 4.69) is 0 Å². The summed E-state index contributed by atoms with van der Waals surface area (Å²) in [5.41, 5.74) is 6.36. The second-order valence-electron chi connectivity index (χ2n) is 4.45. The van der Waals surface area contributed by atoms with Gasteiger partial charge >= 0.3 is 0 Å². The molecule has 2 aromatic rings. The minimum atomic E-state index is -0.559. The van der Waals surface area contributed by atoms with Crippen LogP contribution in [0.1, 0.15) is 35.4 Å². The predicted molar refractivity (Wildman–Crippen MR) is 76.7 cm³/mol. The fraction of sp³-hybridized carbons (Fsp3) is 0.188. The molecule has 2 aromatic carbocycles. The molecular formula is C16H17NO3. The van der Waals surface area contributed by atoms with Crippen LogP contribution in [0.5, 0.6) is 11.5 Å². The Balaban J connectivity index is 2.23. The number of aliphatic hydroxyl groups is 1. The smallest absolute Gasteiger partial charge is 0.248 e. The lowest BCUT2D eigenvalue weighted by molar-refractivity contribution is 0.100. The quantitative estimate of drug-likeness (QED) is 0.878. The first-order valence-corrected chi connectivity index (χ1v) is 6.46. The summed E-state index contributed by atoms with van der Waals surface area (Å²) in [4.78, 5) is 11.0. The third-order valence-corrected chi connectivity index (χ3v) is 3.03. The Labute approximate surface area is 117 Å². The van der Waals surface area contributed by atoms with Crippen molar-refractivity contribution in [1.29, 1.82) is 0 Å². The summed E-state index contributed by atoms with van der Waals surface area (Å²) in [5.74, 6) is 0.720. The van der Waals surface area contributed by atoms with E-state index >= 15 is 0 Å². The fourth-order valence-corrected chi connectivity index (χ4v) is 1.88. The van der Waals surface area contributed by atoms with Gasteiger partial charge in [-0.1, -0.05) is 25.1 Å². The van der Waals surface area contributed by atoms with Crippen LogP contribution in [0.3, 0.4) is 0 Å². The average Bonchev–Trinajstić information content (AvgIpc) is 2.47. The zero-order valence-corrected chi connectivity index (χ0v) is 11.2. The van der Waals surface area contributed by atoms with Crippen LogP contribution in [0.15, 0.2) is 48.5 Å². The Bertz CT molecular complexity index is 593. The molecule has 0 aliphatic rings. The molecule has 4 heteroatoms. The van der Waals surface area contributed by atoms with Crippen LogP contribution < -0.4 is 10.5 Å². The highest BCUT2D eigenvalue weighted by atomic mass is 16.5. The Morgan fingerprint density at radius 3 is 2.45 bits per heavy atom. The number of nitrogens with two attached hydrogens (primary N) is 1. The molecule has 3 N–H and O–H groups in total. The van der Waals surface area contributed by atoms with Crippen molar-refractivity contribution in [2.24, 2.45) is 5.73 Å². The number of hydrogen-bond acceptors (Lipinski definition) is 3. The van der Waals surface area contributed by atoms with Crippen molar-refractivity contribution < 1.29 is 14.6 Å². The molecule has 0 saturated heterocycles. The number of carbonyl (C=O) groups excluding carboxylic acids is 1. The molecule has 1 amide bonds. The minimum absolute atomic E-state index is 0.430. The van der Waals surface area contributed by atoms with Crippen LogP contribution in [-0.4, -0.2) is 11.0 Å². The van der Waals surface area contributed by atoms with E-state index in [0.717, 1.165) is 5.56 Å². The lowest BCUT2D eigenvalue weighted by Gasteiger charge is -2.14. The second kappa shape index (κ2) is 6.21. The minimum Gasteiger partial charge on any atom is -0.457 e. The summed E-state index contributed by atoms with van der Waals surface area (Å²) >= 11 is 0. The van der Waals surface area contributed by atoms with Crippen molar-refractivity contribution in [3.05, 3.63) is 59.7 Å². The van der Waals surface area contributed by atoms with E-state index in [1.54, 1.807) is 30.3 Å². The number of amides is 1. The Morgan fingerprint density at radius 2 is 1.85 bits per heavy atom. The topological polar surface area (TPSA) is 72.6 Å². The number of carbonyl (C=O) groups is 1. The lowest BCUT2D eigenvalue weighted by Crippen LogP contribution is -2.10. The van der Waals surface area contributed by atoms with Gasteiger partial charge in [-0.15, -0.1) is 0 Å². The summed E-state index contributed by atoms with van der Waals surface area (Å²) in [6.07, 6.45) is 0.0529. The molecular weight excluding hydrogens is 254 g/mol. The lowest BCUT2D eigenvalue weighted by atomic mass is 10.1. The second-order valence-corrected chi connectivity index (χ2v) is 4.45. The van der Waals surface area contributed by atoms with E-state index in [9.17, 15) is 9.90 Å². The van der Waals surface area contributed by atoms with Crippen molar-refractivity contribution in [3.8, 4) is 11.5 Å². The maximum Gasteiger partial charge on any atom is 0.248 e. The van der Waals surface area contributed by atoms with Crippen molar-refractivity contribution >= 4 is 5.91 Å². The summed E-state index contributed by atoms with van der Waals surface area (Å²) < 4.78 is 5.76. The number of aliphatic hydroxyl groups excluding tert-OH is 1. The van der Waals surface area contributed by atoms with E-state index in [1.165, 1.54) is 0 Å². The highest BCUT2D eigenvalue weighted by Crippen LogP contribution is 2.30. The van der Waals surface area contributed by atoms with Gasteiger partial charge in [-0.3, -0.25) is 4.79 Å². The number of para-hydroxylation sites is 1. The highest BCUT2D eigenvalue weighted by Gasteiger charge is 2.11. The largest absolute Gasteiger partial charge is 0.457 e. The molecule has 2 rings (SSSR count). The van der Waals surface area contributed by atoms with Gasteiger partial charge in [0.15, 0.2) is 0 Å². The van der Waals surface area contributed by atoms with E-state index < -0.39 is 12.0 Å². The number of rotatable bonds is 5. The highest BCUT2D eigenvalue weighted by molar-refractivity contribution is 5.92. The third kappa shape index (κ3) is 3.16. The monoisotopic (exact) mass is 271 g/mol. The third-order valence-electron chi connectivity index (χ3n) is 3.03. The van der Waals surface area contributed by atoms with Crippen molar-refractivity contribution in [2.45, 2.75) is 19.4 Å². The molecule has 4 nitrogen and oxygen atoms in total. The van der Waals surface area contributed by atoms with Crippen LogP contribution in [0.4, 0.5) is 0 Å². The Hall–Kier alpha value is -2.33. The molecule has 0 aliphatic heterocycles. The van der Waals surface area contributed by atoms with Crippen molar-refractivity contribution in [2.75, 3.05) is 0 Å². The zero-order chi connectivity index (χ0) is 14.5. The summed E-state index contributed by atoms with van der Waals surface area (Å²) in [5, 5.41) is 9.96. The molecule has 0 spiro atoms. The number of primary amides is 1. The van der Waals surface area contributed by atoms with E-state index in [0.29, 0.717) is 23.5 Å². The van der Waals surface area contributed by atoms with E-state index in [4.69, 9.17) is 10.5 Å². The maximum atomic E-state index is 11.0. The van der Waals surface area contributed by atoms with Gasteiger partial charge in [-0.05, 0) is 36.8 Å². The number of ether oxygens (including phenoxy) is 1. The van der Waals surface area contributed by atoms with E-state index in [-0.39, 0.29) is 0 Å². The molecule has 0 saturated carbocycles. The van der Waals surface area contributed by atoms with Crippen molar-refractivity contribution in [1.82, 2.24) is 0 Å². The van der Waals surface area contributed by atoms with Gasteiger partial charge in [0.2, 0.25) is 5.91 Å². The Morgan fingerprint density at radius 1 is 1.20 bits per heavy atom. The summed E-state index contributed by atoms with van der Waals surface area (Å²) in [7, 11) is 0. The Kier molecular flexibility index (Phi) is 4.38.